The van der Waals surface area contributed by atoms with Crippen molar-refractivity contribution in [2.75, 3.05) is 0 Å². The third kappa shape index (κ3) is 4.87. The minimum absolute atomic E-state index is 0.444. The van der Waals surface area contributed by atoms with Gasteiger partial charge >= 0.3 is 0 Å². The molecule has 0 saturated carbocycles. The van der Waals surface area contributed by atoms with E-state index in [1.807, 2.05) is 42.5 Å². The van der Waals surface area contributed by atoms with E-state index in [2.05, 4.69) is 134 Å². The molecular weight excluding hydrogens is 661 g/mol. The Morgan fingerprint density at radius 1 is 0.389 bits per heavy atom. The molecule has 0 atom stereocenters. The maximum atomic E-state index is 7.79. The summed E-state index contributed by atoms with van der Waals surface area (Å²) in [5.41, 5.74) is 11.4. The molecule has 6 nitrogen and oxygen atoms in total. The van der Waals surface area contributed by atoms with Crippen LogP contribution in [-0.4, -0.2) is 19.1 Å². The van der Waals surface area contributed by atoms with Gasteiger partial charge in [-0.3, -0.25) is 0 Å². The second kappa shape index (κ2) is 12.5. The predicted molar refractivity (Wildman–Crippen MR) is 220 cm³/mol. The van der Waals surface area contributed by atoms with E-state index >= 15 is 0 Å². The lowest BCUT2D eigenvalue weighted by molar-refractivity contribution is 1.16. The zero-order chi connectivity index (χ0) is 36.2. The molecule has 250 valence electrons. The number of hydrogen-bond donors (Lipinski definition) is 0. The largest absolute Gasteiger partial charge is 0.309 e. The first-order chi connectivity index (χ1) is 26.7. The Bertz CT molecular complexity index is 3060. The highest BCUT2D eigenvalue weighted by Crippen LogP contribution is 2.39. The van der Waals surface area contributed by atoms with E-state index in [-0.39, 0.29) is 0 Å². The average molecular weight is 689 g/mol. The first-order valence-electron chi connectivity index (χ1n) is 17.7. The molecule has 3 heterocycles. The Kier molecular flexibility index (Phi) is 7.15. The molecular formula is C48H28N6. The number of hydrogen-bond acceptors (Lipinski definition) is 2. The van der Waals surface area contributed by atoms with E-state index in [0.717, 1.165) is 33.5 Å². The number of aromatic nitrogens is 4. The van der Waals surface area contributed by atoms with Gasteiger partial charge in [0.2, 0.25) is 0 Å². The molecule has 0 fully saturated rings. The molecule has 0 aliphatic carbocycles. The maximum Gasteiger partial charge on any atom is 0.198 e. The summed E-state index contributed by atoms with van der Waals surface area (Å²) in [5.74, 6) is 0.444. The minimum atomic E-state index is 0.444. The smallest absolute Gasteiger partial charge is 0.198 e. The van der Waals surface area contributed by atoms with Gasteiger partial charge in [0.05, 0.1) is 46.6 Å². The zero-order valence-corrected chi connectivity index (χ0v) is 28.8. The van der Waals surface area contributed by atoms with Gasteiger partial charge in [-0.2, -0.15) is 0 Å². The lowest BCUT2D eigenvalue weighted by Gasteiger charge is -2.13. The van der Waals surface area contributed by atoms with Crippen LogP contribution in [0.3, 0.4) is 0 Å². The summed E-state index contributed by atoms with van der Waals surface area (Å²) in [6.45, 7) is 15.6. The number of para-hydroxylation sites is 5. The molecule has 0 aliphatic heterocycles. The van der Waals surface area contributed by atoms with Crippen molar-refractivity contribution in [1.82, 2.24) is 19.1 Å². The Balaban J connectivity index is 1.12. The molecule has 6 heteroatoms. The second-order valence-electron chi connectivity index (χ2n) is 13.2. The fourth-order valence-corrected chi connectivity index (χ4v) is 7.76. The van der Waals surface area contributed by atoms with Crippen LogP contribution in [0.5, 0.6) is 0 Å². The van der Waals surface area contributed by atoms with Crippen LogP contribution in [0.2, 0.25) is 0 Å². The van der Waals surface area contributed by atoms with Crippen LogP contribution in [0, 0.1) is 13.1 Å². The van der Waals surface area contributed by atoms with Crippen molar-refractivity contribution in [1.29, 1.82) is 0 Å². The monoisotopic (exact) mass is 688 g/mol. The highest BCUT2D eigenvalue weighted by atomic mass is 15.0. The SMILES string of the molecule is [C-]#[N+]c1ccccc1-c1cc(-c2ccc(-n3c4ccccc4c4cc(-n5c6ccccc6c6ccccc65)ccc43)cc2)nc(-c2ccccc2[N+]#[C-])n1. The highest BCUT2D eigenvalue weighted by Gasteiger charge is 2.18. The Hall–Kier alpha value is -7.80. The molecule has 3 aromatic heterocycles. The number of benzene rings is 7. The molecule has 0 spiro atoms. The normalized spacial score (nSPS) is 11.3. The number of fused-ring (bicyclic) bond motifs is 6. The highest BCUT2D eigenvalue weighted by molar-refractivity contribution is 6.12. The standard InChI is InChI=1S/C48H28N6/c1-49-40-18-8-3-16-37(40)43-30-42(51-48(52-43)38-17-4-9-19-41(38)50-2)31-23-25-32(26-24-31)53-46-22-12-7-15-36(46)39-29-33(27-28-47(39)53)54-44-20-10-5-13-34(44)35-14-6-11-21-45(35)54/h3-30H. The lowest BCUT2D eigenvalue weighted by atomic mass is 10.0. The van der Waals surface area contributed by atoms with Gasteiger partial charge in [0.25, 0.3) is 0 Å². The topological polar surface area (TPSA) is 44.4 Å². The van der Waals surface area contributed by atoms with E-state index in [9.17, 15) is 0 Å². The van der Waals surface area contributed by atoms with E-state index < -0.39 is 0 Å². The molecule has 7 aromatic carbocycles. The van der Waals surface area contributed by atoms with Crippen LogP contribution in [0.25, 0.3) is 98.6 Å². The summed E-state index contributed by atoms with van der Waals surface area (Å²) >= 11 is 0. The van der Waals surface area contributed by atoms with Crippen LogP contribution < -0.4 is 0 Å². The Morgan fingerprint density at radius 2 is 0.852 bits per heavy atom. The number of rotatable bonds is 5. The van der Waals surface area contributed by atoms with E-state index in [0.29, 0.717) is 34.2 Å². The Labute approximate surface area is 311 Å². The molecule has 10 aromatic rings. The summed E-state index contributed by atoms with van der Waals surface area (Å²) < 4.78 is 4.68. The first kappa shape index (κ1) is 31.0. The van der Waals surface area contributed by atoms with Gasteiger partial charge in [-0.05, 0) is 54.6 Å². The van der Waals surface area contributed by atoms with E-state index in [1.54, 1.807) is 12.1 Å². The first-order valence-corrected chi connectivity index (χ1v) is 17.7. The van der Waals surface area contributed by atoms with Gasteiger partial charge in [-0.25, -0.2) is 19.7 Å². The fourth-order valence-electron chi connectivity index (χ4n) is 7.76. The molecule has 0 bridgehead atoms. The van der Waals surface area contributed by atoms with Crippen molar-refractivity contribution in [3.05, 3.63) is 193 Å². The van der Waals surface area contributed by atoms with Crippen molar-refractivity contribution in [2.24, 2.45) is 0 Å². The maximum absolute atomic E-state index is 7.79. The van der Waals surface area contributed by atoms with Gasteiger partial charge in [-0.15, -0.1) is 0 Å². The molecule has 0 radical (unpaired) electrons. The summed E-state index contributed by atoms with van der Waals surface area (Å²) in [5, 5.41) is 4.84. The lowest BCUT2D eigenvalue weighted by Crippen LogP contribution is -1.97. The van der Waals surface area contributed by atoms with Gasteiger partial charge in [0.1, 0.15) is 5.82 Å². The van der Waals surface area contributed by atoms with E-state index in [4.69, 9.17) is 23.1 Å². The third-order valence-corrected chi connectivity index (χ3v) is 10.2. The van der Waals surface area contributed by atoms with Crippen molar-refractivity contribution in [2.45, 2.75) is 0 Å². The van der Waals surface area contributed by atoms with Crippen LogP contribution >= 0.6 is 0 Å². The number of nitrogens with zero attached hydrogens (tertiary/aromatic N) is 6. The van der Waals surface area contributed by atoms with Crippen LogP contribution in [0.15, 0.2) is 170 Å². The van der Waals surface area contributed by atoms with Gasteiger partial charge in [-0.1, -0.05) is 115 Å². The molecule has 54 heavy (non-hydrogen) atoms. The third-order valence-electron chi connectivity index (χ3n) is 10.2. The molecule has 0 unspecified atom stereocenters. The van der Waals surface area contributed by atoms with Crippen molar-refractivity contribution >= 4 is 55.0 Å². The molecule has 0 aliphatic rings. The molecule has 0 amide bonds. The molecule has 10 rings (SSSR count). The van der Waals surface area contributed by atoms with Gasteiger partial charge in [0.15, 0.2) is 11.4 Å². The van der Waals surface area contributed by atoms with Crippen molar-refractivity contribution in [3.63, 3.8) is 0 Å². The minimum Gasteiger partial charge on any atom is -0.309 e. The van der Waals surface area contributed by atoms with Gasteiger partial charge < -0.3 is 9.13 Å². The van der Waals surface area contributed by atoms with Crippen LogP contribution in [0.4, 0.5) is 11.4 Å². The van der Waals surface area contributed by atoms with Crippen molar-refractivity contribution in [3.8, 4) is 45.3 Å². The average Bonchev–Trinajstić information content (AvgIpc) is 3.76. The second-order valence-corrected chi connectivity index (χ2v) is 13.2. The zero-order valence-electron chi connectivity index (χ0n) is 28.8. The van der Waals surface area contributed by atoms with Crippen molar-refractivity contribution < 1.29 is 0 Å². The summed E-state index contributed by atoms with van der Waals surface area (Å²) in [4.78, 5) is 17.4. The Morgan fingerprint density at radius 3 is 1.48 bits per heavy atom. The van der Waals surface area contributed by atoms with Gasteiger partial charge in [0, 0.05) is 49.6 Å². The predicted octanol–water partition coefficient (Wildman–Crippen LogP) is 12.8. The fraction of sp³-hybridized carbons (Fsp3) is 0. The van der Waals surface area contributed by atoms with Crippen LogP contribution in [-0.2, 0) is 0 Å². The summed E-state index contributed by atoms with van der Waals surface area (Å²) in [6, 6.07) is 57.7. The van der Waals surface area contributed by atoms with E-state index in [1.165, 1.54) is 32.6 Å². The van der Waals surface area contributed by atoms with Crippen LogP contribution in [0.1, 0.15) is 0 Å². The summed E-state index contributed by atoms with van der Waals surface area (Å²) in [6.07, 6.45) is 0. The quantitative estimate of drug-likeness (QED) is 0.169. The summed E-state index contributed by atoms with van der Waals surface area (Å²) in [7, 11) is 0. The molecule has 0 N–H and O–H groups in total. The molecule has 0 saturated heterocycles.